The van der Waals surface area contributed by atoms with Crippen molar-refractivity contribution in [2.45, 2.75) is 31.6 Å². The Bertz CT molecular complexity index is 701. The molecule has 1 aliphatic heterocycles. The summed E-state index contributed by atoms with van der Waals surface area (Å²) in [6, 6.07) is 4.81. The molecule has 0 saturated carbocycles. The van der Waals surface area contributed by atoms with Gasteiger partial charge in [0.05, 0.1) is 11.4 Å². The second kappa shape index (κ2) is 7.63. The summed E-state index contributed by atoms with van der Waals surface area (Å²) in [4.78, 5) is 14.7. The number of amides is 1. The third kappa shape index (κ3) is 4.55. The number of rotatable bonds is 5. The van der Waals surface area contributed by atoms with Crippen LogP contribution < -0.4 is 5.32 Å². The monoisotopic (exact) mass is 353 g/mol. The van der Waals surface area contributed by atoms with Gasteiger partial charge in [-0.3, -0.25) is 9.69 Å². The molecule has 1 N–H and O–H groups in total. The zero-order valence-electron chi connectivity index (χ0n) is 14.9. The van der Waals surface area contributed by atoms with Gasteiger partial charge < -0.3 is 5.32 Å². The lowest BCUT2D eigenvalue weighted by molar-refractivity contribution is -0.117. The summed E-state index contributed by atoms with van der Waals surface area (Å²) in [6.07, 6.45) is 2.33. The van der Waals surface area contributed by atoms with E-state index in [-0.39, 0.29) is 10.8 Å². The quantitative estimate of drug-likeness (QED) is 0.878. The Hall–Kier alpha value is -1.44. The summed E-state index contributed by atoms with van der Waals surface area (Å²) < 4.78 is 25.6. The van der Waals surface area contributed by atoms with Gasteiger partial charge in [-0.15, -0.1) is 0 Å². The number of piperidine rings is 1. The molecule has 1 fully saturated rings. The second-order valence-electron chi connectivity index (χ2n) is 6.79. The number of anilines is 1. The van der Waals surface area contributed by atoms with Crippen LogP contribution in [0.15, 0.2) is 23.1 Å². The lowest BCUT2D eigenvalue weighted by atomic mass is 10.0. The zero-order chi connectivity index (χ0) is 17.9. The highest BCUT2D eigenvalue weighted by molar-refractivity contribution is 7.89. The van der Waals surface area contributed by atoms with E-state index in [0.717, 1.165) is 25.1 Å². The number of nitrogens with one attached hydrogen (secondary N) is 1. The fraction of sp³-hybridized carbons (Fsp3) is 0.588. The van der Waals surface area contributed by atoms with Crippen molar-refractivity contribution >= 4 is 21.6 Å². The first kappa shape index (κ1) is 18.9. The van der Waals surface area contributed by atoms with Crippen molar-refractivity contribution < 1.29 is 13.2 Å². The normalized spacial score (nSPS) is 19.5. The molecule has 1 aliphatic rings. The van der Waals surface area contributed by atoms with Crippen LogP contribution in [0.5, 0.6) is 0 Å². The van der Waals surface area contributed by atoms with Crippen LogP contribution in [0.4, 0.5) is 5.69 Å². The van der Waals surface area contributed by atoms with Gasteiger partial charge in [-0.2, -0.15) is 0 Å². The summed E-state index contributed by atoms with van der Waals surface area (Å²) in [5, 5.41) is 2.86. The molecule has 1 aromatic rings. The average molecular weight is 353 g/mol. The van der Waals surface area contributed by atoms with E-state index in [1.807, 2.05) is 6.92 Å². The van der Waals surface area contributed by atoms with Gasteiger partial charge in [-0.1, -0.05) is 13.0 Å². The van der Waals surface area contributed by atoms with Crippen molar-refractivity contribution in [1.82, 2.24) is 9.21 Å². The highest BCUT2D eigenvalue weighted by Crippen LogP contribution is 2.22. The third-order valence-corrected chi connectivity index (χ3v) is 6.18. The number of carbonyl (C=O) groups is 1. The van der Waals surface area contributed by atoms with E-state index in [4.69, 9.17) is 0 Å². The molecule has 134 valence electrons. The van der Waals surface area contributed by atoms with Gasteiger partial charge >= 0.3 is 0 Å². The number of sulfonamides is 1. The van der Waals surface area contributed by atoms with E-state index >= 15 is 0 Å². The topological polar surface area (TPSA) is 69.7 Å². The highest BCUT2D eigenvalue weighted by Gasteiger charge is 2.21. The molecule has 1 saturated heterocycles. The van der Waals surface area contributed by atoms with Gasteiger partial charge in [-0.25, -0.2) is 12.7 Å². The highest BCUT2D eigenvalue weighted by atomic mass is 32.2. The minimum absolute atomic E-state index is 0.105. The van der Waals surface area contributed by atoms with Crippen molar-refractivity contribution in [2.24, 2.45) is 5.92 Å². The van der Waals surface area contributed by atoms with Gasteiger partial charge in [0, 0.05) is 26.3 Å². The van der Waals surface area contributed by atoms with Crippen LogP contribution in [0, 0.1) is 12.8 Å². The predicted molar refractivity (Wildman–Crippen MR) is 95.5 cm³/mol. The fourth-order valence-electron chi connectivity index (χ4n) is 2.93. The number of benzene rings is 1. The molecule has 24 heavy (non-hydrogen) atoms. The molecule has 7 heteroatoms. The Kier molecular flexibility index (Phi) is 6.01. The number of aryl methyl sites for hydroxylation is 1. The first-order valence-electron chi connectivity index (χ1n) is 8.25. The van der Waals surface area contributed by atoms with Crippen molar-refractivity contribution in [2.75, 3.05) is 39.0 Å². The maximum atomic E-state index is 12.3. The summed E-state index contributed by atoms with van der Waals surface area (Å²) in [5.74, 6) is 0.508. The third-order valence-electron chi connectivity index (χ3n) is 4.37. The van der Waals surface area contributed by atoms with E-state index in [2.05, 4.69) is 17.1 Å². The predicted octanol–water partition coefficient (Wildman–Crippen LogP) is 1.92. The molecular formula is C17H27N3O3S. The second-order valence-corrected chi connectivity index (χ2v) is 8.95. The number of carbonyl (C=O) groups excluding carboxylic acids is 1. The van der Waals surface area contributed by atoms with Crippen LogP contribution in [0.25, 0.3) is 0 Å². The van der Waals surface area contributed by atoms with Crippen LogP contribution in [-0.2, 0) is 14.8 Å². The van der Waals surface area contributed by atoms with E-state index in [9.17, 15) is 13.2 Å². The number of likely N-dealkylation sites (tertiary alicyclic amines) is 1. The molecule has 1 atom stereocenters. The smallest absolute Gasteiger partial charge is 0.242 e. The average Bonchev–Trinajstić information content (AvgIpc) is 2.49. The van der Waals surface area contributed by atoms with Gasteiger partial charge in [0.1, 0.15) is 0 Å². The van der Waals surface area contributed by atoms with Crippen LogP contribution in [0.1, 0.15) is 25.3 Å². The van der Waals surface area contributed by atoms with Gasteiger partial charge in [-0.05, 0) is 49.9 Å². The van der Waals surface area contributed by atoms with Crippen molar-refractivity contribution in [3.63, 3.8) is 0 Å². The Labute approximate surface area is 144 Å². The maximum absolute atomic E-state index is 12.3. The Morgan fingerprint density at radius 2 is 2.08 bits per heavy atom. The molecule has 0 bridgehead atoms. The van der Waals surface area contributed by atoms with E-state index in [0.29, 0.717) is 18.2 Å². The Morgan fingerprint density at radius 3 is 2.71 bits per heavy atom. The molecule has 0 aromatic heterocycles. The lowest BCUT2D eigenvalue weighted by Gasteiger charge is -2.30. The molecule has 1 heterocycles. The number of nitrogens with zero attached hydrogens (tertiary/aromatic N) is 2. The van der Waals surface area contributed by atoms with E-state index in [1.54, 1.807) is 12.1 Å². The van der Waals surface area contributed by atoms with Gasteiger partial charge in [0.15, 0.2) is 0 Å². The van der Waals surface area contributed by atoms with E-state index < -0.39 is 10.0 Å². The largest absolute Gasteiger partial charge is 0.325 e. The zero-order valence-corrected chi connectivity index (χ0v) is 15.7. The summed E-state index contributed by atoms with van der Waals surface area (Å²) in [7, 11) is -0.533. The minimum atomic E-state index is -3.51. The molecule has 0 spiro atoms. The first-order chi connectivity index (χ1) is 11.2. The molecule has 2 rings (SSSR count). The van der Waals surface area contributed by atoms with Crippen LogP contribution in [-0.4, -0.2) is 57.3 Å². The SMILES string of the molecule is Cc1ccc(S(=O)(=O)N(C)C)cc1NC(=O)CN1CCC[C@H](C)C1. The molecule has 6 nitrogen and oxygen atoms in total. The van der Waals surface area contributed by atoms with Crippen LogP contribution in [0.2, 0.25) is 0 Å². The fourth-order valence-corrected chi connectivity index (χ4v) is 3.86. The lowest BCUT2D eigenvalue weighted by Crippen LogP contribution is -2.39. The number of hydrogen-bond acceptors (Lipinski definition) is 4. The first-order valence-corrected chi connectivity index (χ1v) is 9.69. The minimum Gasteiger partial charge on any atom is -0.325 e. The molecular weight excluding hydrogens is 326 g/mol. The number of hydrogen-bond donors (Lipinski definition) is 1. The molecule has 0 aliphatic carbocycles. The summed E-state index contributed by atoms with van der Waals surface area (Å²) in [5.41, 5.74) is 1.39. The molecule has 0 radical (unpaired) electrons. The van der Waals surface area contributed by atoms with Crippen LogP contribution >= 0.6 is 0 Å². The standard InChI is InChI=1S/C17H27N3O3S/c1-13-6-5-9-20(11-13)12-17(21)18-16-10-15(8-7-14(16)2)24(22,23)19(3)4/h7-8,10,13H,5-6,9,11-12H2,1-4H3,(H,18,21)/t13-/m0/s1. The molecule has 0 unspecified atom stereocenters. The Balaban J connectivity index is 2.10. The summed E-state index contributed by atoms with van der Waals surface area (Å²) >= 11 is 0. The van der Waals surface area contributed by atoms with Crippen LogP contribution in [0.3, 0.4) is 0 Å². The molecule has 1 aromatic carbocycles. The maximum Gasteiger partial charge on any atom is 0.242 e. The Morgan fingerprint density at radius 1 is 1.38 bits per heavy atom. The van der Waals surface area contributed by atoms with Gasteiger partial charge in [0.25, 0.3) is 0 Å². The molecule has 1 amide bonds. The van der Waals surface area contributed by atoms with Crippen molar-refractivity contribution in [1.29, 1.82) is 0 Å². The van der Waals surface area contributed by atoms with Crippen molar-refractivity contribution in [3.05, 3.63) is 23.8 Å². The summed E-state index contributed by atoms with van der Waals surface area (Å²) in [6.45, 7) is 6.26. The van der Waals surface area contributed by atoms with Gasteiger partial charge in [0.2, 0.25) is 15.9 Å². The van der Waals surface area contributed by atoms with E-state index in [1.165, 1.54) is 30.9 Å². The van der Waals surface area contributed by atoms with Crippen molar-refractivity contribution in [3.8, 4) is 0 Å².